The van der Waals surface area contributed by atoms with Crippen molar-refractivity contribution in [3.8, 4) is 11.5 Å². The van der Waals surface area contributed by atoms with E-state index in [-0.39, 0.29) is 25.0 Å². The highest BCUT2D eigenvalue weighted by atomic mass is 16.5. The van der Waals surface area contributed by atoms with Crippen LogP contribution in [0.25, 0.3) is 0 Å². The van der Waals surface area contributed by atoms with Crippen LogP contribution in [0.3, 0.4) is 0 Å². The van der Waals surface area contributed by atoms with E-state index in [4.69, 9.17) is 9.47 Å². The maximum atomic E-state index is 12.3. The van der Waals surface area contributed by atoms with E-state index in [1.807, 2.05) is 32.0 Å². The van der Waals surface area contributed by atoms with E-state index in [0.29, 0.717) is 29.6 Å². The van der Waals surface area contributed by atoms with Gasteiger partial charge in [-0.1, -0.05) is 26.0 Å². The lowest BCUT2D eigenvalue weighted by Gasteiger charge is -2.31. The fourth-order valence-electron chi connectivity index (χ4n) is 3.05. The number of nitrogens with one attached hydrogen (secondary N) is 1. The molecule has 0 bridgehead atoms. The first-order chi connectivity index (χ1) is 13.3. The third-order valence-electron chi connectivity index (χ3n) is 4.44. The normalized spacial score (nSPS) is 13.2. The van der Waals surface area contributed by atoms with Gasteiger partial charge in [-0.15, -0.1) is 0 Å². The standard InChI is InChI=1S/C22H26N2O4/c1-14(2)11-24-18-8-7-17(10-20(18)28-13-22(24)26)23-21(25)12-27-19-9-15(3)5-6-16(19)4/h5-10,14H,11-13H2,1-4H3,(H,23,25). The molecular weight excluding hydrogens is 356 g/mol. The summed E-state index contributed by atoms with van der Waals surface area (Å²) in [6.45, 7) is 8.60. The first-order valence-electron chi connectivity index (χ1n) is 9.40. The number of anilines is 2. The second kappa shape index (κ2) is 8.33. The Kier molecular flexibility index (Phi) is 5.87. The van der Waals surface area contributed by atoms with E-state index in [0.717, 1.165) is 16.8 Å². The number of carbonyl (C=O) groups is 2. The van der Waals surface area contributed by atoms with Gasteiger partial charge in [-0.3, -0.25) is 9.59 Å². The van der Waals surface area contributed by atoms with Crippen molar-refractivity contribution in [1.29, 1.82) is 0 Å². The topological polar surface area (TPSA) is 67.9 Å². The van der Waals surface area contributed by atoms with Crippen LogP contribution in [0.15, 0.2) is 36.4 Å². The van der Waals surface area contributed by atoms with Crippen LogP contribution in [0.4, 0.5) is 11.4 Å². The van der Waals surface area contributed by atoms with E-state index >= 15 is 0 Å². The molecular formula is C22H26N2O4. The Morgan fingerprint density at radius 3 is 2.75 bits per heavy atom. The molecule has 2 aromatic rings. The van der Waals surface area contributed by atoms with Gasteiger partial charge in [-0.05, 0) is 49.1 Å². The SMILES string of the molecule is Cc1ccc(C)c(OCC(=O)Nc2ccc3c(c2)OCC(=O)N3CC(C)C)c1. The summed E-state index contributed by atoms with van der Waals surface area (Å²) in [4.78, 5) is 26.1. The molecule has 6 nitrogen and oxygen atoms in total. The quantitative estimate of drug-likeness (QED) is 0.827. The zero-order valence-electron chi connectivity index (χ0n) is 16.7. The molecule has 1 aliphatic rings. The summed E-state index contributed by atoms with van der Waals surface area (Å²) in [5, 5.41) is 2.82. The first kappa shape index (κ1) is 19.7. The van der Waals surface area contributed by atoms with Crippen LogP contribution in [-0.4, -0.2) is 31.6 Å². The van der Waals surface area contributed by atoms with Crippen LogP contribution < -0.4 is 19.7 Å². The Balaban J connectivity index is 1.66. The Labute approximate surface area is 165 Å². The number of hydrogen-bond acceptors (Lipinski definition) is 4. The first-order valence-corrected chi connectivity index (χ1v) is 9.40. The maximum Gasteiger partial charge on any atom is 0.265 e. The molecule has 0 radical (unpaired) electrons. The molecule has 0 unspecified atom stereocenters. The molecule has 3 rings (SSSR count). The Morgan fingerprint density at radius 2 is 2.00 bits per heavy atom. The van der Waals surface area contributed by atoms with E-state index in [1.54, 1.807) is 23.1 Å². The lowest BCUT2D eigenvalue weighted by Crippen LogP contribution is -2.40. The van der Waals surface area contributed by atoms with Gasteiger partial charge in [0.05, 0.1) is 5.69 Å². The van der Waals surface area contributed by atoms with Crippen molar-refractivity contribution >= 4 is 23.2 Å². The predicted octanol–water partition coefficient (Wildman–Crippen LogP) is 3.70. The molecule has 0 aromatic heterocycles. The number of rotatable bonds is 6. The van der Waals surface area contributed by atoms with Gasteiger partial charge < -0.3 is 19.7 Å². The molecule has 0 fully saturated rings. The van der Waals surface area contributed by atoms with Gasteiger partial charge in [-0.2, -0.15) is 0 Å². The van der Waals surface area contributed by atoms with Crippen LogP contribution in [0.1, 0.15) is 25.0 Å². The number of fused-ring (bicyclic) bond motifs is 1. The van der Waals surface area contributed by atoms with E-state index in [9.17, 15) is 9.59 Å². The summed E-state index contributed by atoms with van der Waals surface area (Å²) < 4.78 is 11.2. The molecule has 28 heavy (non-hydrogen) atoms. The number of ether oxygens (including phenoxy) is 2. The average molecular weight is 382 g/mol. The summed E-state index contributed by atoms with van der Waals surface area (Å²) in [6.07, 6.45) is 0. The van der Waals surface area contributed by atoms with Crippen molar-refractivity contribution in [2.45, 2.75) is 27.7 Å². The zero-order chi connectivity index (χ0) is 20.3. The van der Waals surface area contributed by atoms with E-state index < -0.39 is 0 Å². The number of carbonyl (C=O) groups excluding carboxylic acids is 2. The molecule has 1 N–H and O–H groups in total. The lowest BCUT2D eigenvalue weighted by atomic mass is 10.1. The fourth-order valence-corrected chi connectivity index (χ4v) is 3.05. The third-order valence-corrected chi connectivity index (χ3v) is 4.44. The molecule has 0 aliphatic carbocycles. The minimum atomic E-state index is -0.258. The minimum absolute atomic E-state index is 0.00681. The highest BCUT2D eigenvalue weighted by Crippen LogP contribution is 2.35. The van der Waals surface area contributed by atoms with Gasteiger partial charge in [0.2, 0.25) is 0 Å². The van der Waals surface area contributed by atoms with Gasteiger partial charge in [-0.25, -0.2) is 0 Å². The monoisotopic (exact) mass is 382 g/mol. The van der Waals surface area contributed by atoms with Crippen molar-refractivity contribution < 1.29 is 19.1 Å². The smallest absolute Gasteiger partial charge is 0.265 e. The van der Waals surface area contributed by atoms with E-state index in [2.05, 4.69) is 19.2 Å². The summed E-state index contributed by atoms with van der Waals surface area (Å²) in [5.41, 5.74) is 3.39. The third kappa shape index (κ3) is 4.63. The predicted molar refractivity (Wildman–Crippen MR) is 109 cm³/mol. The minimum Gasteiger partial charge on any atom is -0.483 e. The van der Waals surface area contributed by atoms with Crippen molar-refractivity contribution in [3.05, 3.63) is 47.5 Å². The van der Waals surface area contributed by atoms with Crippen molar-refractivity contribution in [3.63, 3.8) is 0 Å². The number of hydrogen-bond donors (Lipinski definition) is 1. The van der Waals surface area contributed by atoms with Crippen LogP contribution >= 0.6 is 0 Å². The molecule has 2 amide bonds. The molecule has 0 spiro atoms. The second-order valence-electron chi connectivity index (χ2n) is 7.48. The number of aryl methyl sites for hydroxylation is 2. The average Bonchev–Trinajstić information content (AvgIpc) is 2.64. The highest BCUT2D eigenvalue weighted by Gasteiger charge is 2.26. The molecule has 1 heterocycles. The summed E-state index contributed by atoms with van der Waals surface area (Å²) in [6, 6.07) is 11.2. The van der Waals surface area contributed by atoms with Gasteiger partial charge in [0.15, 0.2) is 13.2 Å². The molecule has 0 atom stereocenters. The molecule has 0 saturated carbocycles. The summed E-state index contributed by atoms with van der Waals surface area (Å²) in [5.74, 6) is 1.32. The van der Waals surface area contributed by atoms with Crippen molar-refractivity contribution in [2.24, 2.45) is 5.92 Å². The van der Waals surface area contributed by atoms with Crippen LogP contribution in [-0.2, 0) is 9.59 Å². The largest absolute Gasteiger partial charge is 0.483 e. The van der Waals surface area contributed by atoms with Gasteiger partial charge >= 0.3 is 0 Å². The van der Waals surface area contributed by atoms with Crippen LogP contribution in [0.2, 0.25) is 0 Å². The highest BCUT2D eigenvalue weighted by molar-refractivity contribution is 5.99. The summed E-state index contributed by atoms with van der Waals surface area (Å²) >= 11 is 0. The van der Waals surface area contributed by atoms with Gasteiger partial charge in [0, 0.05) is 18.3 Å². The second-order valence-corrected chi connectivity index (χ2v) is 7.48. The van der Waals surface area contributed by atoms with Crippen LogP contribution in [0, 0.1) is 19.8 Å². The number of benzene rings is 2. The van der Waals surface area contributed by atoms with Crippen molar-refractivity contribution in [2.75, 3.05) is 30.0 Å². The van der Waals surface area contributed by atoms with Crippen molar-refractivity contribution in [1.82, 2.24) is 0 Å². The van der Waals surface area contributed by atoms with E-state index in [1.165, 1.54) is 0 Å². The van der Waals surface area contributed by atoms with Gasteiger partial charge in [0.1, 0.15) is 11.5 Å². The fraction of sp³-hybridized carbons (Fsp3) is 0.364. The molecule has 1 aliphatic heterocycles. The molecule has 0 saturated heterocycles. The Bertz CT molecular complexity index is 892. The molecule has 6 heteroatoms. The lowest BCUT2D eigenvalue weighted by molar-refractivity contribution is -0.121. The zero-order valence-corrected chi connectivity index (χ0v) is 16.7. The maximum absolute atomic E-state index is 12.3. The molecule has 2 aromatic carbocycles. The number of nitrogens with zero attached hydrogens (tertiary/aromatic N) is 1. The van der Waals surface area contributed by atoms with Crippen LogP contribution in [0.5, 0.6) is 11.5 Å². The van der Waals surface area contributed by atoms with Gasteiger partial charge in [0.25, 0.3) is 11.8 Å². The Hall–Kier alpha value is -3.02. The molecule has 148 valence electrons. The Morgan fingerprint density at radius 1 is 1.21 bits per heavy atom. The summed E-state index contributed by atoms with van der Waals surface area (Å²) in [7, 11) is 0. The number of amides is 2.